The Morgan fingerprint density at radius 3 is 1.11 bits per heavy atom. The summed E-state index contributed by atoms with van der Waals surface area (Å²) in [7, 11) is 0. The zero-order valence-electron chi connectivity index (χ0n) is 19.2. The molecule has 4 aromatic carbocycles. The van der Waals surface area contributed by atoms with Crippen LogP contribution in [0.2, 0.25) is 0 Å². The number of nitrogens with one attached hydrogen (secondary N) is 2. The smallest absolute Gasteiger partial charge is 0.280 e. The lowest BCUT2D eigenvalue weighted by atomic mass is 10.0. The first-order valence-electron chi connectivity index (χ1n) is 10.6. The van der Waals surface area contributed by atoms with Crippen molar-refractivity contribution in [2.24, 2.45) is 0 Å². The quantitative estimate of drug-likeness (QED) is 0.144. The summed E-state index contributed by atoms with van der Waals surface area (Å²) in [5.74, 6) is -0.671. The van der Waals surface area contributed by atoms with Crippen LogP contribution >= 0.6 is 0 Å². The van der Waals surface area contributed by atoms with Crippen LogP contribution in [0.4, 0.5) is 11.4 Å². The maximum Gasteiger partial charge on any atom is 0.280 e. The highest BCUT2D eigenvalue weighted by molar-refractivity contribution is 6.12. The van der Waals surface area contributed by atoms with E-state index in [2.05, 4.69) is 0 Å². The topological polar surface area (TPSA) is 168 Å². The molecule has 0 saturated carbocycles. The third-order valence-electron chi connectivity index (χ3n) is 4.76. The van der Waals surface area contributed by atoms with Crippen molar-refractivity contribution in [3.8, 4) is 0 Å². The lowest BCUT2D eigenvalue weighted by Crippen LogP contribution is -2.04. The number of hydrogen-bond acceptors (Lipinski definition) is 8. The summed E-state index contributed by atoms with van der Waals surface area (Å²) in [5, 5.41) is 32.9. The van der Waals surface area contributed by atoms with Gasteiger partial charge < -0.3 is 0 Å². The van der Waals surface area contributed by atoms with Gasteiger partial charge in [-0.1, -0.05) is 84.9 Å². The third-order valence-corrected chi connectivity index (χ3v) is 4.76. The zero-order chi connectivity index (χ0) is 27.2. The highest BCUT2D eigenvalue weighted by Gasteiger charge is 2.20. The molecule has 0 unspecified atom stereocenters. The third kappa shape index (κ3) is 7.71. The van der Waals surface area contributed by atoms with E-state index < -0.39 is 9.85 Å². The average molecular weight is 496 g/mol. The van der Waals surface area contributed by atoms with E-state index in [1.54, 1.807) is 84.9 Å². The van der Waals surface area contributed by atoms with Crippen LogP contribution in [0.1, 0.15) is 31.8 Å². The minimum Gasteiger partial charge on any atom is -0.288 e. The number of rotatable bonds is 6. The molecule has 10 nitrogen and oxygen atoms in total. The molecule has 10 heteroatoms. The maximum atomic E-state index is 12.1. The summed E-state index contributed by atoms with van der Waals surface area (Å²) in [4.78, 5) is 44.7. The lowest BCUT2D eigenvalue weighted by molar-refractivity contribution is -0.385. The van der Waals surface area contributed by atoms with Crippen molar-refractivity contribution in [1.29, 1.82) is 10.8 Å². The summed E-state index contributed by atoms with van der Waals surface area (Å²) >= 11 is 0. The first-order chi connectivity index (χ1) is 17.8. The summed E-state index contributed by atoms with van der Waals surface area (Å²) in [6, 6.07) is 30.2. The Labute approximate surface area is 211 Å². The monoisotopic (exact) mass is 496 g/mol. The standard InChI is InChI=1S/2C13H9NO3.CH2N2/c2*15-13(10-6-2-1-3-7-10)11-8-4-5-9-12(11)14(16)17;2-1-3/h2*1-9H;2-3H. The Morgan fingerprint density at radius 1 is 0.541 bits per heavy atom. The van der Waals surface area contributed by atoms with E-state index in [4.69, 9.17) is 10.8 Å². The molecule has 0 aromatic heterocycles. The van der Waals surface area contributed by atoms with Crippen LogP contribution in [0.15, 0.2) is 109 Å². The maximum absolute atomic E-state index is 12.1. The van der Waals surface area contributed by atoms with E-state index in [1.807, 2.05) is 0 Å². The lowest BCUT2D eigenvalue weighted by Gasteiger charge is -2.01. The van der Waals surface area contributed by atoms with E-state index in [0.29, 0.717) is 11.1 Å². The van der Waals surface area contributed by atoms with Gasteiger partial charge in [-0.2, -0.15) is 0 Å². The molecule has 0 fully saturated rings. The average Bonchev–Trinajstić information content (AvgIpc) is 2.94. The molecule has 184 valence electrons. The molecule has 37 heavy (non-hydrogen) atoms. The first kappa shape index (κ1) is 27.6. The first-order valence-corrected chi connectivity index (χ1v) is 10.6. The van der Waals surface area contributed by atoms with Crippen LogP contribution in [0.3, 0.4) is 0 Å². The largest absolute Gasteiger partial charge is 0.288 e. The molecule has 0 radical (unpaired) electrons. The van der Waals surface area contributed by atoms with Crippen LogP contribution in [0.25, 0.3) is 0 Å². The van der Waals surface area contributed by atoms with Crippen molar-refractivity contribution in [2.75, 3.05) is 0 Å². The summed E-state index contributed by atoms with van der Waals surface area (Å²) in [5.41, 5.74) is 0.790. The minimum absolute atomic E-state index is 0.115. The van der Waals surface area contributed by atoms with Crippen molar-refractivity contribution >= 4 is 28.9 Å². The Morgan fingerprint density at radius 2 is 0.811 bits per heavy atom. The van der Waals surface area contributed by atoms with Gasteiger partial charge in [0.05, 0.1) is 15.9 Å². The van der Waals surface area contributed by atoms with Gasteiger partial charge in [-0.05, 0) is 12.1 Å². The number of ketones is 2. The van der Waals surface area contributed by atoms with Crippen LogP contribution in [0.5, 0.6) is 0 Å². The molecule has 4 aromatic rings. The molecule has 0 spiro atoms. The van der Waals surface area contributed by atoms with E-state index in [9.17, 15) is 29.8 Å². The van der Waals surface area contributed by atoms with Gasteiger partial charge in [-0.15, -0.1) is 0 Å². The molecule has 2 N–H and O–H groups in total. The van der Waals surface area contributed by atoms with Gasteiger partial charge >= 0.3 is 0 Å². The van der Waals surface area contributed by atoms with Crippen molar-refractivity contribution in [3.63, 3.8) is 0 Å². The van der Waals surface area contributed by atoms with Crippen LogP contribution in [-0.2, 0) is 0 Å². The Balaban J connectivity index is 0.000000235. The second-order valence-corrected chi connectivity index (χ2v) is 7.06. The number of benzene rings is 4. The van der Waals surface area contributed by atoms with Gasteiger partial charge in [-0.25, -0.2) is 10.8 Å². The summed E-state index contributed by atoms with van der Waals surface area (Å²) in [6.45, 7) is 0. The van der Waals surface area contributed by atoms with Crippen molar-refractivity contribution in [1.82, 2.24) is 0 Å². The van der Waals surface area contributed by atoms with Gasteiger partial charge in [0, 0.05) is 23.3 Å². The van der Waals surface area contributed by atoms with Gasteiger partial charge in [0.1, 0.15) is 11.1 Å². The number of nitro groups is 2. The number of nitrogens with zero attached hydrogens (tertiary/aromatic N) is 2. The Kier molecular flexibility index (Phi) is 10.4. The molecule has 0 atom stereocenters. The summed E-state index contributed by atoms with van der Waals surface area (Å²) < 4.78 is 0. The van der Waals surface area contributed by atoms with Crippen molar-refractivity contribution < 1.29 is 19.4 Å². The molecule has 0 saturated heterocycles. The van der Waals surface area contributed by atoms with E-state index in [1.165, 1.54) is 30.3 Å². The molecular weight excluding hydrogens is 476 g/mol. The predicted molar refractivity (Wildman–Crippen MR) is 136 cm³/mol. The van der Waals surface area contributed by atoms with E-state index in [-0.39, 0.29) is 34.1 Å². The van der Waals surface area contributed by atoms with E-state index in [0.717, 1.165) is 0 Å². The highest BCUT2D eigenvalue weighted by Crippen LogP contribution is 2.22. The Hall–Kier alpha value is -5.60. The number of para-hydroxylation sites is 2. The number of carbonyl (C=O) groups excluding carboxylic acids is 2. The van der Waals surface area contributed by atoms with Gasteiger partial charge in [0.2, 0.25) is 0 Å². The second kappa shape index (κ2) is 14.0. The SMILES string of the molecule is N=C=N.O=C(c1ccccc1)c1ccccc1[N+](=O)[O-].O=C(c1ccccc1)c1ccccc1[N+](=O)[O-]. The number of nitro benzene ring substituents is 2. The summed E-state index contributed by atoms with van der Waals surface area (Å²) in [6.07, 6.45) is 0. The molecular formula is C27H20N4O6. The van der Waals surface area contributed by atoms with Crippen molar-refractivity contribution in [3.05, 3.63) is 152 Å². The van der Waals surface area contributed by atoms with Gasteiger partial charge in [0.15, 0.2) is 11.6 Å². The van der Waals surface area contributed by atoms with Crippen molar-refractivity contribution in [2.45, 2.75) is 0 Å². The van der Waals surface area contributed by atoms with Crippen LogP contribution in [0, 0.1) is 31.0 Å². The van der Waals surface area contributed by atoms with Crippen LogP contribution in [-0.4, -0.2) is 27.4 Å². The fourth-order valence-corrected chi connectivity index (χ4v) is 3.14. The molecule has 0 aliphatic carbocycles. The van der Waals surface area contributed by atoms with Crippen LogP contribution < -0.4 is 0 Å². The van der Waals surface area contributed by atoms with Gasteiger partial charge in [0.25, 0.3) is 11.4 Å². The fraction of sp³-hybridized carbons (Fsp3) is 0. The highest BCUT2D eigenvalue weighted by atomic mass is 16.6. The molecule has 4 rings (SSSR count). The number of hydrogen-bond donors (Lipinski definition) is 2. The molecule has 0 aliphatic rings. The number of carbonyl (C=O) groups is 2. The molecule has 0 bridgehead atoms. The fourth-order valence-electron chi connectivity index (χ4n) is 3.14. The molecule has 0 aliphatic heterocycles. The van der Waals surface area contributed by atoms with Gasteiger partial charge in [-0.3, -0.25) is 29.8 Å². The normalized spacial score (nSPS) is 9.30. The zero-order valence-corrected chi connectivity index (χ0v) is 19.2. The van der Waals surface area contributed by atoms with E-state index >= 15 is 0 Å². The second-order valence-electron chi connectivity index (χ2n) is 7.06. The minimum atomic E-state index is -0.545. The molecule has 0 amide bonds. The molecule has 0 heterocycles. The Bertz CT molecular complexity index is 1330. The predicted octanol–water partition coefficient (Wildman–Crippen LogP) is 5.97.